The number of methoxy groups -OCH3 is 2. The van der Waals surface area contributed by atoms with E-state index in [0.29, 0.717) is 12.3 Å². The molecule has 0 aliphatic heterocycles. The van der Waals surface area contributed by atoms with Crippen molar-refractivity contribution in [1.82, 2.24) is 0 Å². The minimum Gasteiger partial charge on any atom is -0.468 e. The summed E-state index contributed by atoms with van der Waals surface area (Å²) in [4.78, 5) is 24.5. The molecule has 0 aromatic heterocycles. The van der Waals surface area contributed by atoms with Crippen LogP contribution in [0, 0.1) is 17.3 Å². The minimum atomic E-state index is -1.15. The third kappa shape index (κ3) is 3.53. The molecule has 1 saturated carbocycles. The van der Waals surface area contributed by atoms with E-state index in [1.54, 1.807) is 0 Å². The minimum absolute atomic E-state index is 0.133. The van der Waals surface area contributed by atoms with Gasteiger partial charge in [-0.1, -0.05) is 46.0 Å². The topological polar surface area (TPSA) is 52.6 Å². The summed E-state index contributed by atoms with van der Waals surface area (Å²) in [5.41, 5.74) is -1.15. The maximum absolute atomic E-state index is 12.2. The third-order valence-corrected chi connectivity index (χ3v) is 4.76. The molecule has 0 N–H and O–H groups in total. The van der Waals surface area contributed by atoms with Gasteiger partial charge in [-0.15, -0.1) is 0 Å². The molecule has 0 saturated heterocycles. The van der Waals surface area contributed by atoms with Crippen molar-refractivity contribution in [2.75, 3.05) is 14.2 Å². The van der Waals surface area contributed by atoms with Gasteiger partial charge in [0.25, 0.3) is 0 Å². The van der Waals surface area contributed by atoms with E-state index in [2.05, 4.69) is 0 Å². The fourth-order valence-corrected chi connectivity index (χ4v) is 3.32. The van der Waals surface area contributed by atoms with Gasteiger partial charge < -0.3 is 9.47 Å². The van der Waals surface area contributed by atoms with Gasteiger partial charge in [0.1, 0.15) is 0 Å². The Bertz CT molecular complexity index is 313. The molecule has 0 spiro atoms. The second-order valence-electron chi connectivity index (χ2n) is 6.15. The van der Waals surface area contributed by atoms with Crippen molar-refractivity contribution < 1.29 is 19.1 Å². The van der Waals surface area contributed by atoms with Crippen LogP contribution in [-0.4, -0.2) is 26.2 Å². The molecule has 4 heteroatoms. The van der Waals surface area contributed by atoms with Gasteiger partial charge in [0.15, 0.2) is 5.41 Å². The maximum Gasteiger partial charge on any atom is 0.323 e. The first-order chi connectivity index (χ1) is 9.48. The van der Waals surface area contributed by atoms with E-state index in [1.807, 2.05) is 13.8 Å². The number of hydrogen-bond acceptors (Lipinski definition) is 4. The van der Waals surface area contributed by atoms with Crippen LogP contribution in [0.1, 0.15) is 58.8 Å². The van der Waals surface area contributed by atoms with Crippen LogP contribution in [0.4, 0.5) is 0 Å². The van der Waals surface area contributed by atoms with E-state index in [-0.39, 0.29) is 5.92 Å². The Kier molecular flexibility index (Phi) is 6.50. The van der Waals surface area contributed by atoms with Crippen LogP contribution in [0.5, 0.6) is 0 Å². The van der Waals surface area contributed by atoms with Crippen molar-refractivity contribution in [2.24, 2.45) is 17.3 Å². The Morgan fingerprint density at radius 3 is 1.95 bits per heavy atom. The van der Waals surface area contributed by atoms with Crippen LogP contribution in [0.25, 0.3) is 0 Å². The van der Waals surface area contributed by atoms with Crippen molar-refractivity contribution in [1.29, 1.82) is 0 Å². The number of carbonyl (C=O) groups excluding carboxylic acids is 2. The molecule has 1 fully saturated rings. The first-order valence-corrected chi connectivity index (χ1v) is 7.65. The largest absolute Gasteiger partial charge is 0.468 e. The number of rotatable bonds is 6. The van der Waals surface area contributed by atoms with Gasteiger partial charge >= 0.3 is 11.9 Å². The molecule has 0 atom stereocenters. The lowest BCUT2D eigenvalue weighted by atomic mass is 9.71. The summed E-state index contributed by atoms with van der Waals surface area (Å²) >= 11 is 0. The van der Waals surface area contributed by atoms with Crippen molar-refractivity contribution in [3.05, 3.63) is 0 Å². The lowest BCUT2D eigenvalue weighted by Crippen LogP contribution is -2.45. The predicted octanol–water partition coefficient (Wildman–Crippen LogP) is 3.34. The Morgan fingerprint density at radius 1 is 1.05 bits per heavy atom. The van der Waals surface area contributed by atoms with Gasteiger partial charge in [-0.25, -0.2) is 0 Å². The van der Waals surface area contributed by atoms with Crippen LogP contribution in [0.15, 0.2) is 0 Å². The van der Waals surface area contributed by atoms with E-state index in [0.717, 1.165) is 6.42 Å². The summed E-state index contributed by atoms with van der Waals surface area (Å²) in [5, 5.41) is 0. The van der Waals surface area contributed by atoms with Crippen molar-refractivity contribution in [3.63, 3.8) is 0 Å². The molecule has 0 aromatic carbocycles. The van der Waals surface area contributed by atoms with E-state index in [4.69, 9.17) is 9.47 Å². The summed E-state index contributed by atoms with van der Waals surface area (Å²) in [6, 6.07) is 0. The first-order valence-electron chi connectivity index (χ1n) is 7.65. The molecule has 4 nitrogen and oxygen atoms in total. The lowest BCUT2D eigenvalue weighted by molar-refractivity contribution is -0.174. The Morgan fingerprint density at radius 2 is 1.55 bits per heavy atom. The normalized spacial score (nSPS) is 17.1. The molecule has 116 valence electrons. The fraction of sp³-hybridized carbons (Fsp3) is 0.875. The average molecular weight is 284 g/mol. The molecule has 0 aromatic rings. The summed E-state index contributed by atoms with van der Waals surface area (Å²) in [5.74, 6) is -0.438. The molecule has 0 amide bonds. The molecule has 0 bridgehead atoms. The average Bonchev–Trinajstić information content (AvgIpc) is 2.47. The van der Waals surface area contributed by atoms with E-state index >= 15 is 0 Å². The van der Waals surface area contributed by atoms with Crippen LogP contribution >= 0.6 is 0 Å². The maximum atomic E-state index is 12.2. The molecule has 1 aliphatic rings. The molecule has 0 heterocycles. The Labute approximate surface area is 122 Å². The van der Waals surface area contributed by atoms with E-state index < -0.39 is 17.4 Å². The zero-order valence-corrected chi connectivity index (χ0v) is 13.2. The first kappa shape index (κ1) is 17.0. The summed E-state index contributed by atoms with van der Waals surface area (Å²) in [6.45, 7) is 3.77. The van der Waals surface area contributed by atoms with Gasteiger partial charge in [0.2, 0.25) is 0 Å². The predicted molar refractivity (Wildman–Crippen MR) is 77.1 cm³/mol. The fourth-order valence-electron chi connectivity index (χ4n) is 3.32. The van der Waals surface area contributed by atoms with Crippen molar-refractivity contribution in [2.45, 2.75) is 58.8 Å². The quantitative estimate of drug-likeness (QED) is 0.554. The zero-order chi connectivity index (χ0) is 15.2. The highest BCUT2D eigenvalue weighted by Gasteiger charge is 2.50. The molecule has 20 heavy (non-hydrogen) atoms. The summed E-state index contributed by atoms with van der Waals surface area (Å²) in [6.07, 6.45) is 7.65. The highest BCUT2D eigenvalue weighted by molar-refractivity contribution is 6.00. The van der Waals surface area contributed by atoms with Crippen LogP contribution in [-0.2, 0) is 19.1 Å². The van der Waals surface area contributed by atoms with E-state index in [1.165, 1.54) is 46.3 Å². The number of ether oxygens (including phenoxy) is 2. The molecular weight excluding hydrogens is 256 g/mol. The molecule has 0 unspecified atom stereocenters. The zero-order valence-electron chi connectivity index (χ0n) is 13.2. The summed E-state index contributed by atoms with van der Waals surface area (Å²) in [7, 11) is 2.67. The molecule has 1 rings (SSSR count). The Hall–Kier alpha value is -1.06. The Balaban J connectivity index is 2.84. The van der Waals surface area contributed by atoms with Gasteiger partial charge in [-0.05, 0) is 24.7 Å². The van der Waals surface area contributed by atoms with Crippen molar-refractivity contribution in [3.8, 4) is 0 Å². The summed E-state index contributed by atoms with van der Waals surface area (Å²) < 4.78 is 9.80. The highest BCUT2D eigenvalue weighted by atomic mass is 16.5. The van der Waals surface area contributed by atoms with Crippen LogP contribution in [0.3, 0.4) is 0 Å². The van der Waals surface area contributed by atoms with Gasteiger partial charge in [-0.2, -0.15) is 0 Å². The molecular formula is C16H28O4. The SMILES string of the molecule is COC(=O)C(CCC1CCCCC1)(C(=O)OC)C(C)C. The van der Waals surface area contributed by atoms with Crippen LogP contribution in [0.2, 0.25) is 0 Å². The number of carbonyl (C=O) groups is 2. The smallest absolute Gasteiger partial charge is 0.323 e. The van der Waals surface area contributed by atoms with Gasteiger partial charge in [0, 0.05) is 0 Å². The lowest BCUT2D eigenvalue weighted by Gasteiger charge is -2.33. The second-order valence-corrected chi connectivity index (χ2v) is 6.15. The molecule has 0 radical (unpaired) electrons. The standard InChI is InChI=1S/C16H28O4/c1-12(2)16(14(17)19-3,15(18)20-4)11-10-13-8-6-5-7-9-13/h12-13H,5-11H2,1-4H3. The van der Waals surface area contributed by atoms with Crippen molar-refractivity contribution >= 4 is 11.9 Å². The third-order valence-electron chi connectivity index (χ3n) is 4.76. The van der Waals surface area contributed by atoms with Gasteiger partial charge in [-0.3, -0.25) is 9.59 Å². The van der Waals surface area contributed by atoms with Crippen LogP contribution < -0.4 is 0 Å². The second kappa shape index (κ2) is 7.65. The van der Waals surface area contributed by atoms with Gasteiger partial charge in [0.05, 0.1) is 14.2 Å². The number of esters is 2. The highest BCUT2D eigenvalue weighted by Crippen LogP contribution is 2.39. The van der Waals surface area contributed by atoms with E-state index in [9.17, 15) is 9.59 Å². The molecule has 1 aliphatic carbocycles. The monoisotopic (exact) mass is 284 g/mol. The number of hydrogen-bond donors (Lipinski definition) is 0.